The van der Waals surface area contributed by atoms with Crippen molar-refractivity contribution in [2.24, 2.45) is 5.41 Å². The minimum Gasteiger partial charge on any atom is -0.444 e. The van der Waals surface area contributed by atoms with Gasteiger partial charge in [0.25, 0.3) is 0 Å². The van der Waals surface area contributed by atoms with E-state index >= 15 is 0 Å². The van der Waals surface area contributed by atoms with Crippen molar-refractivity contribution in [3.63, 3.8) is 0 Å². The molecule has 1 saturated carbocycles. The highest BCUT2D eigenvalue weighted by Gasteiger charge is 2.31. The van der Waals surface area contributed by atoms with E-state index in [4.69, 9.17) is 16.0 Å². The van der Waals surface area contributed by atoms with Crippen LogP contribution in [0.25, 0.3) is 11.0 Å². The minimum absolute atomic E-state index is 0.506. The third-order valence-electron chi connectivity index (χ3n) is 4.86. The highest BCUT2D eigenvalue weighted by Crippen LogP contribution is 2.40. The molecule has 1 aromatic carbocycles. The molecule has 0 unspecified atom stereocenters. The molecule has 2 aromatic rings. The highest BCUT2D eigenvalue weighted by molar-refractivity contribution is 6.30. The maximum Gasteiger partial charge on any atom is 0.199 e. The fourth-order valence-electron chi connectivity index (χ4n) is 3.47. The molecule has 3 heteroatoms. The molecule has 0 bridgehead atoms. The van der Waals surface area contributed by atoms with Gasteiger partial charge in [0, 0.05) is 24.0 Å². The van der Waals surface area contributed by atoms with Gasteiger partial charge in [0.1, 0.15) is 5.58 Å². The van der Waals surface area contributed by atoms with Crippen LogP contribution in [0.15, 0.2) is 28.7 Å². The topological polar surface area (TPSA) is 25.2 Å². The van der Waals surface area contributed by atoms with Crippen molar-refractivity contribution in [3.05, 3.63) is 35.0 Å². The van der Waals surface area contributed by atoms with Crippen LogP contribution in [0.2, 0.25) is 5.22 Å². The van der Waals surface area contributed by atoms with Crippen molar-refractivity contribution in [2.75, 3.05) is 6.54 Å². The van der Waals surface area contributed by atoms with E-state index in [2.05, 4.69) is 18.3 Å². The molecule has 1 aliphatic rings. The van der Waals surface area contributed by atoms with E-state index in [0.29, 0.717) is 10.6 Å². The van der Waals surface area contributed by atoms with Crippen LogP contribution in [0.3, 0.4) is 0 Å². The number of furan rings is 1. The van der Waals surface area contributed by atoms with Gasteiger partial charge in [-0.2, -0.15) is 0 Å². The number of hydrogen-bond acceptors (Lipinski definition) is 2. The molecule has 0 atom stereocenters. The Balaban J connectivity index is 1.69. The summed E-state index contributed by atoms with van der Waals surface area (Å²) in [5.41, 5.74) is 2.47. The molecule has 3 rings (SSSR count). The van der Waals surface area contributed by atoms with Crippen molar-refractivity contribution >= 4 is 22.6 Å². The Morgan fingerprint density at radius 2 is 2.00 bits per heavy atom. The lowest BCUT2D eigenvalue weighted by Crippen LogP contribution is -2.31. The summed E-state index contributed by atoms with van der Waals surface area (Å²) in [6.45, 7) is 4.18. The van der Waals surface area contributed by atoms with Crippen molar-refractivity contribution in [1.82, 2.24) is 5.32 Å². The van der Waals surface area contributed by atoms with Gasteiger partial charge < -0.3 is 9.73 Å². The van der Waals surface area contributed by atoms with E-state index in [1.807, 2.05) is 18.2 Å². The summed E-state index contributed by atoms with van der Waals surface area (Å²) < 4.78 is 5.60. The predicted octanol–water partition coefficient (Wildman–Crippen LogP) is 5.15. The van der Waals surface area contributed by atoms with Crippen LogP contribution in [0.1, 0.15) is 44.6 Å². The zero-order valence-electron chi connectivity index (χ0n) is 12.0. The second-order valence-electron chi connectivity index (χ2n) is 6.01. The number of fused-ring (bicyclic) bond motifs is 1. The van der Waals surface area contributed by atoms with E-state index in [9.17, 15) is 0 Å². The molecule has 20 heavy (non-hydrogen) atoms. The van der Waals surface area contributed by atoms with Gasteiger partial charge in [0.15, 0.2) is 5.22 Å². The van der Waals surface area contributed by atoms with Crippen LogP contribution in [0, 0.1) is 5.41 Å². The number of rotatable bonds is 5. The zero-order chi connectivity index (χ0) is 14.0. The molecule has 0 spiro atoms. The molecule has 0 radical (unpaired) electrons. The molecule has 1 heterocycles. The maximum absolute atomic E-state index is 6.22. The Hall–Kier alpha value is -0.990. The van der Waals surface area contributed by atoms with E-state index in [0.717, 1.165) is 29.6 Å². The summed E-state index contributed by atoms with van der Waals surface area (Å²) in [7, 11) is 0. The quantitative estimate of drug-likeness (QED) is 0.824. The molecule has 2 nitrogen and oxygen atoms in total. The summed E-state index contributed by atoms with van der Waals surface area (Å²) in [6, 6.07) is 8.05. The monoisotopic (exact) mass is 291 g/mol. The molecule has 1 N–H and O–H groups in total. The average Bonchev–Trinajstić information content (AvgIpc) is 3.05. The molecule has 1 fully saturated rings. The Labute approximate surface area is 125 Å². The SMILES string of the molecule is CCC1(CNCc2c(Cl)oc3ccccc23)CCCC1. The lowest BCUT2D eigenvalue weighted by atomic mass is 9.83. The molecule has 1 aliphatic carbocycles. The fraction of sp³-hybridized carbons (Fsp3) is 0.529. The third kappa shape index (κ3) is 2.59. The van der Waals surface area contributed by atoms with Crippen LogP contribution in [-0.4, -0.2) is 6.54 Å². The molecule has 1 aromatic heterocycles. The minimum atomic E-state index is 0.506. The average molecular weight is 292 g/mol. The Morgan fingerprint density at radius 1 is 1.25 bits per heavy atom. The second-order valence-corrected chi connectivity index (χ2v) is 6.36. The summed E-state index contributed by atoms with van der Waals surface area (Å²) in [6.07, 6.45) is 6.74. The first-order chi connectivity index (χ1) is 9.74. The Kier molecular flexibility index (Phi) is 4.04. The lowest BCUT2D eigenvalue weighted by Gasteiger charge is -2.27. The molecular formula is C17H22ClNO. The number of halogens is 1. The first-order valence-electron chi connectivity index (χ1n) is 7.61. The standard InChI is InChI=1S/C17H22ClNO/c1-2-17(9-5-6-10-17)12-19-11-14-13-7-3-4-8-15(13)20-16(14)18/h3-4,7-8,19H,2,5-6,9-12H2,1H3. The van der Waals surface area contributed by atoms with E-state index < -0.39 is 0 Å². The number of hydrogen-bond donors (Lipinski definition) is 1. The molecule has 0 amide bonds. The van der Waals surface area contributed by atoms with Gasteiger partial charge in [-0.1, -0.05) is 38.0 Å². The van der Waals surface area contributed by atoms with Gasteiger partial charge in [-0.05, 0) is 42.3 Å². The van der Waals surface area contributed by atoms with E-state index in [1.165, 1.54) is 32.1 Å². The largest absolute Gasteiger partial charge is 0.444 e. The lowest BCUT2D eigenvalue weighted by molar-refractivity contribution is 0.268. The van der Waals surface area contributed by atoms with E-state index in [-0.39, 0.29) is 0 Å². The third-order valence-corrected chi connectivity index (χ3v) is 5.17. The summed E-state index contributed by atoms with van der Waals surface area (Å²) in [4.78, 5) is 0. The van der Waals surface area contributed by atoms with Crippen molar-refractivity contribution < 1.29 is 4.42 Å². The van der Waals surface area contributed by atoms with Crippen LogP contribution in [0.5, 0.6) is 0 Å². The van der Waals surface area contributed by atoms with Crippen molar-refractivity contribution in [3.8, 4) is 0 Å². The van der Waals surface area contributed by atoms with Gasteiger partial charge in [-0.3, -0.25) is 0 Å². The predicted molar refractivity (Wildman–Crippen MR) is 84.1 cm³/mol. The Morgan fingerprint density at radius 3 is 2.75 bits per heavy atom. The van der Waals surface area contributed by atoms with E-state index in [1.54, 1.807) is 0 Å². The summed E-state index contributed by atoms with van der Waals surface area (Å²) in [5.74, 6) is 0. The number of benzene rings is 1. The van der Waals surface area contributed by atoms with Crippen molar-refractivity contribution in [1.29, 1.82) is 0 Å². The maximum atomic E-state index is 6.22. The van der Waals surface area contributed by atoms with Gasteiger partial charge in [0.05, 0.1) is 0 Å². The fourth-order valence-corrected chi connectivity index (χ4v) is 3.72. The first kappa shape index (κ1) is 14.0. The summed E-state index contributed by atoms with van der Waals surface area (Å²) in [5, 5.41) is 5.26. The second kappa shape index (κ2) is 5.79. The van der Waals surface area contributed by atoms with Crippen LogP contribution in [0.4, 0.5) is 0 Å². The Bertz CT molecular complexity index is 584. The van der Waals surface area contributed by atoms with Crippen LogP contribution >= 0.6 is 11.6 Å². The van der Waals surface area contributed by atoms with Crippen LogP contribution in [-0.2, 0) is 6.54 Å². The highest BCUT2D eigenvalue weighted by atomic mass is 35.5. The number of nitrogens with one attached hydrogen (secondary N) is 1. The van der Waals surface area contributed by atoms with Gasteiger partial charge in [0.2, 0.25) is 0 Å². The molecular weight excluding hydrogens is 270 g/mol. The van der Waals surface area contributed by atoms with Gasteiger partial charge in [-0.25, -0.2) is 0 Å². The number of para-hydroxylation sites is 1. The molecule has 0 saturated heterocycles. The molecule has 0 aliphatic heterocycles. The normalized spacial score (nSPS) is 17.9. The van der Waals surface area contributed by atoms with Gasteiger partial charge in [-0.15, -0.1) is 0 Å². The van der Waals surface area contributed by atoms with Crippen molar-refractivity contribution in [2.45, 2.75) is 45.6 Å². The smallest absolute Gasteiger partial charge is 0.199 e. The first-order valence-corrected chi connectivity index (χ1v) is 7.98. The van der Waals surface area contributed by atoms with Crippen LogP contribution < -0.4 is 5.32 Å². The summed E-state index contributed by atoms with van der Waals surface area (Å²) >= 11 is 6.22. The van der Waals surface area contributed by atoms with Gasteiger partial charge >= 0.3 is 0 Å². The molecule has 108 valence electrons. The zero-order valence-corrected chi connectivity index (χ0v) is 12.8.